The van der Waals surface area contributed by atoms with Crippen molar-refractivity contribution in [1.82, 2.24) is 9.97 Å². The molecule has 23 heavy (non-hydrogen) atoms. The first-order valence-corrected chi connectivity index (χ1v) is 7.39. The topological polar surface area (TPSA) is 62.1 Å². The van der Waals surface area contributed by atoms with Crippen LogP contribution in [0.1, 0.15) is 0 Å². The summed E-state index contributed by atoms with van der Waals surface area (Å²) in [5, 5.41) is 12.4. The van der Waals surface area contributed by atoms with Crippen LogP contribution in [0.3, 0.4) is 0 Å². The second-order valence-electron chi connectivity index (χ2n) is 5.57. The van der Waals surface area contributed by atoms with Crippen LogP contribution in [0.25, 0.3) is 44.4 Å². The third-order valence-corrected chi connectivity index (χ3v) is 4.14. The van der Waals surface area contributed by atoms with Crippen LogP contribution in [0.2, 0.25) is 0 Å². The zero-order valence-electron chi connectivity index (χ0n) is 12.1. The van der Waals surface area contributed by atoms with Gasteiger partial charge in [-0.15, -0.1) is 0 Å². The third-order valence-electron chi connectivity index (χ3n) is 4.14. The second-order valence-corrected chi connectivity index (χ2v) is 5.57. The molecule has 0 saturated carbocycles. The summed E-state index contributed by atoms with van der Waals surface area (Å²) in [6, 6.07) is 19.2. The summed E-state index contributed by atoms with van der Waals surface area (Å²) in [4.78, 5) is 7.82. The van der Waals surface area contributed by atoms with Crippen molar-refractivity contribution < 1.29 is 9.52 Å². The van der Waals surface area contributed by atoms with Crippen LogP contribution in [0.15, 0.2) is 65.1 Å². The zero-order valence-corrected chi connectivity index (χ0v) is 12.1. The molecule has 0 bridgehead atoms. The normalized spacial score (nSPS) is 11.7. The van der Waals surface area contributed by atoms with Crippen LogP contribution in [0.5, 0.6) is 5.75 Å². The van der Waals surface area contributed by atoms with Crippen LogP contribution in [0.4, 0.5) is 0 Å². The van der Waals surface area contributed by atoms with Crippen LogP contribution in [0, 0.1) is 0 Å². The Bertz CT molecular complexity index is 1150. The SMILES string of the molecule is Oc1cc2oc3ccccc3c2cc1-c1nc2ccccc2[nH]1. The Kier molecular flexibility index (Phi) is 2.33. The minimum absolute atomic E-state index is 0.149. The van der Waals surface area contributed by atoms with E-state index in [0.717, 1.165) is 27.4 Å². The average Bonchev–Trinajstić information content (AvgIpc) is 3.14. The minimum atomic E-state index is 0.149. The average molecular weight is 300 g/mol. The van der Waals surface area contributed by atoms with E-state index in [1.54, 1.807) is 6.07 Å². The molecule has 5 aromatic rings. The van der Waals surface area contributed by atoms with Crippen LogP contribution in [-0.2, 0) is 0 Å². The first-order valence-electron chi connectivity index (χ1n) is 7.39. The maximum Gasteiger partial charge on any atom is 0.142 e. The maximum absolute atomic E-state index is 10.4. The van der Waals surface area contributed by atoms with Gasteiger partial charge in [0.2, 0.25) is 0 Å². The molecule has 4 heteroatoms. The number of para-hydroxylation sites is 3. The van der Waals surface area contributed by atoms with Crippen LogP contribution in [-0.4, -0.2) is 15.1 Å². The van der Waals surface area contributed by atoms with Gasteiger partial charge >= 0.3 is 0 Å². The standard InChI is InChI=1S/C19H12N2O2/c22-16-10-18-12(11-5-1-4-8-17(11)23-18)9-13(16)19-20-14-6-2-3-7-15(14)21-19/h1-10,22H,(H,20,21). The van der Waals surface area contributed by atoms with Crippen molar-refractivity contribution in [3.63, 3.8) is 0 Å². The molecule has 0 radical (unpaired) electrons. The summed E-state index contributed by atoms with van der Waals surface area (Å²) in [6.07, 6.45) is 0. The summed E-state index contributed by atoms with van der Waals surface area (Å²) >= 11 is 0. The van der Waals surface area contributed by atoms with E-state index in [1.165, 1.54) is 0 Å². The molecule has 0 amide bonds. The van der Waals surface area contributed by atoms with Crippen LogP contribution < -0.4 is 0 Å². The number of nitrogens with zero attached hydrogens (tertiary/aromatic N) is 1. The van der Waals surface area contributed by atoms with Crippen molar-refractivity contribution >= 4 is 33.0 Å². The van der Waals surface area contributed by atoms with E-state index in [0.29, 0.717) is 17.0 Å². The van der Waals surface area contributed by atoms with Crippen molar-refractivity contribution in [1.29, 1.82) is 0 Å². The molecule has 4 nitrogen and oxygen atoms in total. The van der Waals surface area contributed by atoms with E-state index in [-0.39, 0.29) is 5.75 Å². The molecule has 5 rings (SSSR count). The lowest BCUT2D eigenvalue weighted by atomic mass is 10.1. The fourth-order valence-electron chi connectivity index (χ4n) is 3.03. The van der Waals surface area contributed by atoms with E-state index in [9.17, 15) is 5.11 Å². The Balaban J connectivity index is 1.83. The number of phenolic OH excluding ortho intramolecular Hbond substituents is 1. The fourth-order valence-corrected chi connectivity index (χ4v) is 3.03. The van der Waals surface area contributed by atoms with E-state index < -0.39 is 0 Å². The maximum atomic E-state index is 10.4. The highest BCUT2D eigenvalue weighted by Gasteiger charge is 2.14. The Labute approximate surface area is 131 Å². The van der Waals surface area contributed by atoms with Gasteiger partial charge in [-0.2, -0.15) is 0 Å². The molecule has 0 aliphatic rings. The monoisotopic (exact) mass is 300 g/mol. The minimum Gasteiger partial charge on any atom is -0.507 e. The molecule has 0 unspecified atom stereocenters. The number of rotatable bonds is 1. The number of H-pyrrole nitrogens is 1. The van der Waals surface area contributed by atoms with Crippen molar-refractivity contribution in [3.8, 4) is 17.1 Å². The predicted molar refractivity (Wildman–Crippen MR) is 90.5 cm³/mol. The lowest BCUT2D eigenvalue weighted by molar-refractivity contribution is 0.476. The molecule has 110 valence electrons. The van der Waals surface area contributed by atoms with Gasteiger partial charge in [-0.05, 0) is 24.3 Å². The summed E-state index contributed by atoms with van der Waals surface area (Å²) in [5.74, 6) is 0.798. The molecule has 2 aromatic heterocycles. The van der Waals surface area contributed by atoms with Gasteiger partial charge in [0.25, 0.3) is 0 Å². The number of furan rings is 1. The van der Waals surface area contributed by atoms with Gasteiger partial charge in [0.15, 0.2) is 0 Å². The van der Waals surface area contributed by atoms with Gasteiger partial charge in [-0.25, -0.2) is 4.98 Å². The largest absolute Gasteiger partial charge is 0.507 e. The fraction of sp³-hybridized carbons (Fsp3) is 0. The number of hydrogen-bond donors (Lipinski definition) is 2. The van der Waals surface area contributed by atoms with Crippen molar-refractivity contribution in [2.24, 2.45) is 0 Å². The number of aromatic amines is 1. The molecular formula is C19H12N2O2. The highest BCUT2D eigenvalue weighted by Crippen LogP contribution is 2.37. The summed E-state index contributed by atoms with van der Waals surface area (Å²) in [7, 11) is 0. The van der Waals surface area contributed by atoms with Crippen LogP contribution >= 0.6 is 0 Å². The lowest BCUT2D eigenvalue weighted by Crippen LogP contribution is -1.82. The van der Waals surface area contributed by atoms with Gasteiger partial charge in [0.05, 0.1) is 16.6 Å². The Hall–Kier alpha value is -3.27. The molecule has 0 fully saturated rings. The van der Waals surface area contributed by atoms with Crippen molar-refractivity contribution in [2.75, 3.05) is 0 Å². The highest BCUT2D eigenvalue weighted by atomic mass is 16.3. The number of nitrogens with one attached hydrogen (secondary N) is 1. The number of fused-ring (bicyclic) bond motifs is 4. The summed E-state index contributed by atoms with van der Waals surface area (Å²) in [5.41, 5.74) is 3.96. The number of imidazole rings is 1. The van der Waals surface area contributed by atoms with E-state index in [2.05, 4.69) is 9.97 Å². The number of aromatic hydroxyl groups is 1. The smallest absolute Gasteiger partial charge is 0.142 e. The molecule has 2 N–H and O–H groups in total. The number of aromatic nitrogens is 2. The van der Waals surface area contributed by atoms with E-state index in [1.807, 2.05) is 54.6 Å². The van der Waals surface area contributed by atoms with Crippen molar-refractivity contribution in [2.45, 2.75) is 0 Å². The van der Waals surface area contributed by atoms with Gasteiger partial charge < -0.3 is 14.5 Å². The Morgan fingerprint density at radius 3 is 2.61 bits per heavy atom. The second kappa shape index (κ2) is 4.36. The number of hydrogen-bond acceptors (Lipinski definition) is 3. The first-order chi connectivity index (χ1) is 11.3. The molecule has 0 saturated heterocycles. The summed E-state index contributed by atoms with van der Waals surface area (Å²) < 4.78 is 5.79. The van der Waals surface area contributed by atoms with E-state index in [4.69, 9.17) is 4.42 Å². The summed E-state index contributed by atoms with van der Waals surface area (Å²) in [6.45, 7) is 0. The third kappa shape index (κ3) is 1.75. The number of phenols is 1. The van der Waals surface area contributed by atoms with E-state index >= 15 is 0 Å². The van der Waals surface area contributed by atoms with Gasteiger partial charge in [-0.3, -0.25) is 0 Å². The molecule has 0 aliphatic heterocycles. The number of benzene rings is 3. The lowest BCUT2D eigenvalue weighted by Gasteiger charge is -2.01. The zero-order chi connectivity index (χ0) is 15.4. The molecule has 3 aromatic carbocycles. The Morgan fingerprint density at radius 1 is 0.870 bits per heavy atom. The quantitative estimate of drug-likeness (QED) is 0.466. The molecule has 0 aliphatic carbocycles. The van der Waals surface area contributed by atoms with Gasteiger partial charge in [0, 0.05) is 16.8 Å². The van der Waals surface area contributed by atoms with Crippen molar-refractivity contribution in [3.05, 3.63) is 60.7 Å². The Morgan fingerprint density at radius 2 is 1.70 bits per heavy atom. The molecular weight excluding hydrogens is 288 g/mol. The van der Waals surface area contributed by atoms with Gasteiger partial charge in [-0.1, -0.05) is 30.3 Å². The molecule has 0 atom stereocenters. The molecule has 2 heterocycles. The van der Waals surface area contributed by atoms with Gasteiger partial charge in [0.1, 0.15) is 22.7 Å². The molecule has 0 spiro atoms. The first kappa shape index (κ1) is 12.3. The predicted octanol–water partition coefficient (Wildman–Crippen LogP) is 4.83. The highest BCUT2D eigenvalue weighted by molar-refractivity contribution is 6.07.